The summed E-state index contributed by atoms with van der Waals surface area (Å²) in [7, 11) is 0. The molecule has 146 valence electrons. The van der Waals surface area contributed by atoms with Gasteiger partial charge in [-0.3, -0.25) is 9.59 Å². The first kappa shape index (κ1) is 18.7. The van der Waals surface area contributed by atoms with Crippen LogP contribution in [0.2, 0.25) is 0 Å². The predicted octanol–water partition coefficient (Wildman–Crippen LogP) is 3.43. The molecule has 0 saturated heterocycles. The Kier molecular flexibility index (Phi) is 5.72. The summed E-state index contributed by atoms with van der Waals surface area (Å²) in [5, 5.41) is 3.00. The van der Waals surface area contributed by atoms with Gasteiger partial charge in [-0.25, -0.2) is 0 Å². The third-order valence-corrected chi connectivity index (χ3v) is 5.51. The lowest BCUT2D eigenvalue weighted by molar-refractivity contribution is -0.151. The maximum Gasteiger partial charge on any atom is 0.309 e. The van der Waals surface area contributed by atoms with Gasteiger partial charge < -0.3 is 14.8 Å². The first-order valence-corrected chi connectivity index (χ1v) is 9.93. The second-order valence-electron chi connectivity index (χ2n) is 7.38. The number of rotatable bonds is 5. The Morgan fingerprint density at radius 1 is 1.00 bits per heavy atom. The Hall–Kier alpha value is -2.66. The van der Waals surface area contributed by atoms with Crippen LogP contribution in [0, 0.1) is 0 Å². The molecule has 1 N–H and O–H groups in total. The Labute approximate surface area is 165 Å². The average Bonchev–Trinajstić information content (AvgIpc) is 2.73. The van der Waals surface area contributed by atoms with Crippen LogP contribution in [0.5, 0.6) is 0 Å². The first-order valence-electron chi connectivity index (χ1n) is 9.93. The van der Waals surface area contributed by atoms with Gasteiger partial charge in [0.2, 0.25) is 0 Å². The van der Waals surface area contributed by atoms with Crippen LogP contribution < -0.4 is 5.32 Å². The van der Waals surface area contributed by atoms with E-state index in [0.717, 1.165) is 31.2 Å². The number of amides is 1. The van der Waals surface area contributed by atoms with Gasteiger partial charge in [-0.15, -0.1) is 0 Å². The van der Waals surface area contributed by atoms with Crippen LogP contribution in [0.15, 0.2) is 48.5 Å². The molecule has 1 aliphatic carbocycles. The van der Waals surface area contributed by atoms with Gasteiger partial charge in [-0.2, -0.15) is 0 Å². The van der Waals surface area contributed by atoms with Crippen molar-refractivity contribution in [2.75, 3.05) is 13.2 Å². The number of carbonyl (C=O) groups excluding carboxylic acids is 2. The molecule has 2 unspecified atom stereocenters. The Bertz CT molecular complexity index is 792. The zero-order chi connectivity index (χ0) is 19.3. The monoisotopic (exact) mass is 379 g/mol. The molecular weight excluding hydrogens is 354 g/mol. The van der Waals surface area contributed by atoms with Crippen molar-refractivity contribution >= 4 is 11.9 Å². The number of ether oxygens (including phenoxy) is 2. The molecule has 0 aromatic heterocycles. The standard InChI is InChI=1S/C23H25NO4/c25-22(24-20-11-5-8-16-6-1-3-9-18(16)20)15-28-23(26)14-21-19-10-4-2-7-17(19)12-13-27-21/h1-4,6-7,9-10,20-21H,5,8,11-15H2,(H,24,25). The van der Waals surface area contributed by atoms with Gasteiger partial charge in [0.05, 0.1) is 25.2 Å². The van der Waals surface area contributed by atoms with E-state index in [9.17, 15) is 9.59 Å². The number of nitrogens with one attached hydrogen (secondary N) is 1. The Morgan fingerprint density at radius 3 is 2.54 bits per heavy atom. The normalized spacial score (nSPS) is 20.6. The minimum atomic E-state index is -0.416. The molecule has 5 nitrogen and oxygen atoms in total. The van der Waals surface area contributed by atoms with Crippen LogP contribution in [0.4, 0.5) is 0 Å². The summed E-state index contributed by atoms with van der Waals surface area (Å²) >= 11 is 0. The third kappa shape index (κ3) is 4.25. The molecule has 1 heterocycles. The number of aryl methyl sites for hydroxylation is 1. The predicted molar refractivity (Wildman–Crippen MR) is 105 cm³/mol. The van der Waals surface area contributed by atoms with Crippen LogP contribution in [0.3, 0.4) is 0 Å². The smallest absolute Gasteiger partial charge is 0.309 e. The molecule has 2 atom stereocenters. The molecule has 0 saturated carbocycles. The van der Waals surface area contributed by atoms with Crippen LogP contribution in [-0.4, -0.2) is 25.1 Å². The highest BCUT2D eigenvalue weighted by Gasteiger charge is 2.25. The molecule has 0 fully saturated rings. The van der Waals surface area contributed by atoms with Gasteiger partial charge >= 0.3 is 5.97 Å². The molecule has 2 aromatic carbocycles. The third-order valence-electron chi connectivity index (χ3n) is 5.51. The van der Waals surface area contributed by atoms with Crippen LogP contribution in [-0.2, 0) is 31.9 Å². The van der Waals surface area contributed by atoms with Crippen molar-refractivity contribution in [2.24, 2.45) is 0 Å². The fraction of sp³-hybridized carbons (Fsp3) is 0.391. The van der Waals surface area contributed by atoms with E-state index in [-0.39, 0.29) is 31.1 Å². The average molecular weight is 379 g/mol. The zero-order valence-electron chi connectivity index (χ0n) is 15.9. The maximum atomic E-state index is 12.3. The SMILES string of the molecule is O=C(COC(=O)CC1OCCc2ccccc21)NC1CCCc2ccccc21. The summed E-state index contributed by atoms with van der Waals surface area (Å²) < 4.78 is 11.0. The van der Waals surface area contributed by atoms with E-state index < -0.39 is 5.97 Å². The summed E-state index contributed by atoms with van der Waals surface area (Å²) in [6.45, 7) is 0.336. The topological polar surface area (TPSA) is 64.6 Å². The highest BCUT2D eigenvalue weighted by Crippen LogP contribution is 2.30. The lowest BCUT2D eigenvalue weighted by Crippen LogP contribution is -2.34. The molecule has 4 rings (SSSR count). The van der Waals surface area contributed by atoms with Crippen molar-refractivity contribution in [1.29, 1.82) is 0 Å². The maximum absolute atomic E-state index is 12.3. The lowest BCUT2D eigenvalue weighted by Gasteiger charge is -2.26. The summed E-state index contributed by atoms with van der Waals surface area (Å²) in [5.74, 6) is -0.680. The van der Waals surface area contributed by atoms with Gasteiger partial charge in [0.1, 0.15) is 0 Å². The second-order valence-corrected chi connectivity index (χ2v) is 7.38. The van der Waals surface area contributed by atoms with Crippen molar-refractivity contribution in [3.05, 3.63) is 70.8 Å². The van der Waals surface area contributed by atoms with Crippen molar-refractivity contribution in [1.82, 2.24) is 5.32 Å². The first-order chi connectivity index (χ1) is 13.7. The lowest BCUT2D eigenvalue weighted by atomic mass is 9.88. The van der Waals surface area contributed by atoms with Crippen molar-refractivity contribution < 1.29 is 19.1 Å². The second kappa shape index (κ2) is 8.57. The molecule has 1 aliphatic heterocycles. The molecule has 2 aliphatic rings. The number of fused-ring (bicyclic) bond motifs is 2. The molecular formula is C23H25NO4. The van der Waals surface area contributed by atoms with E-state index in [1.165, 1.54) is 16.7 Å². The van der Waals surface area contributed by atoms with E-state index >= 15 is 0 Å². The van der Waals surface area contributed by atoms with E-state index in [4.69, 9.17) is 9.47 Å². The Balaban J connectivity index is 1.28. The molecule has 0 bridgehead atoms. The van der Waals surface area contributed by atoms with Gasteiger partial charge in [0.15, 0.2) is 6.61 Å². The van der Waals surface area contributed by atoms with E-state index in [1.807, 2.05) is 30.3 Å². The number of esters is 1. The van der Waals surface area contributed by atoms with Crippen molar-refractivity contribution in [2.45, 2.75) is 44.2 Å². The molecule has 5 heteroatoms. The highest BCUT2D eigenvalue weighted by molar-refractivity contribution is 5.81. The number of benzene rings is 2. The van der Waals surface area contributed by atoms with Crippen LogP contribution in [0.1, 0.15) is 53.7 Å². The van der Waals surface area contributed by atoms with Crippen molar-refractivity contribution in [3.63, 3.8) is 0 Å². The van der Waals surface area contributed by atoms with Gasteiger partial charge in [0, 0.05) is 0 Å². The summed E-state index contributed by atoms with van der Waals surface area (Å²) in [4.78, 5) is 24.5. The van der Waals surface area contributed by atoms with E-state index in [0.29, 0.717) is 6.61 Å². The minimum Gasteiger partial charge on any atom is -0.455 e. The highest BCUT2D eigenvalue weighted by atomic mass is 16.5. The number of hydrogen-bond acceptors (Lipinski definition) is 4. The summed E-state index contributed by atoms with van der Waals surface area (Å²) in [6.07, 6.45) is 3.67. The molecule has 28 heavy (non-hydrogen) atoms. The van der Waals surface area contributed by atoms with Gasteiger partial charge in [-0.05, 0) is 47.9 Å². The fourth-order valence-electron chi connectivity index (χ4n) is 4.14. The van der Waals surface area contributed by atoms with Gasteiger partial charge in [-0.1, -0.05) is 48.5 Å². The molecule has 1 amide bonds. The quantitative estimate of drug-likeness (QED) is 0.809. The summed E-state index contributed by atoms with van der Waals surface area (Å²) in [5.41, 5.74) is 4.69. The number of carbonyl (C=O) groups is 2. The van der Waals surface area contributed by atoms with E-state index in [1.54, 1.807) is 0 Å². The fourth-order valence-corrected chi connectivity index (χ4v) is 4.14. The molecule has 0 spiro atoms. The van der Waals surface area contributed by atoms with Crippen molar-refractivity contribution in [3.8, 4) is 0 Å². The summed E-state index contributed by atoms with van der Waals surface area (Å²) in [6, 6.07) is 16.2. The molecule has 0 radical (unpaired) electrons. The molecule has 2 aromatic rings. The number of hydrogen-bond donors (Lipinski definition) is 1. The van der Waals surface area contributed by atoms with E-state index in [2.05, 4.69) is 23.5 Å². The largest absolute Gasteiger partial charge is 0.455 e. The van der Waals surface area contributed by atoms with Gasteiger partial charge in [0.25, 0.3) is 5.91 Å². The minimum absolute atomic E-state index is 0.00953. The van der Waals surface area contributed by atoms with Crippen LogP contribution in [0.25, 0.3) is 0 Å². The van der Waals surface area contributed by atoms with Crippen LogP contribution >= 0.6 is 0 Å². The zero-order valence-corrected chi connectivity index (χ0v) is 15.9. The Morgan fingerprint density at radius 2 is 1.71 bits per heavy atom.